The van der Waals surface area contributed by atoms with Crippen LogP contribution < -0.4 is 0 Å². The smallest absolute Gasteiger partial charge is 0.0250 e. The molecular formula is C7H14NP. The van der Waals surface area contributed by atoms with Gasteiger partial charge in [0.15, 0.2) is 0 Å². The van der Waals surface area contributed by atoms with E-state index in [1.165, 1.54) is 19.0 Å². The van der Waals surface area contributed by atoms with E-state index < -0.39 is 0 Å². The minimum absolute atomic E-state index is 0.597. The largest absolute Gasteiger partial charge is 0.293 e. The molecule has 1 aliphatic heterocycles. The zero-order chi connectivity index (χ0) is 6.69. The molecule has 0 spiro atoms. The summed E-state index contributed by atoms with van der Waals surface area (Å²) in [6.07, 6.45) is 4.72. The molecule has 2 unspecified atom stereocenters. The van der Waals surface area contributed by atoms with E-state index in [1.807, 2.05) is 6.08 Å². The van der Waals surface area contributed by atoms with Crippen LogP contribution in [-0.4, -0.2) is 29.9 Å². The number of hydrogen-bond acceptors (Lipinski definition) is 1. The van der Waals surface area contributed by atoms with Gasteiger partial charge in [-0.05, 0) is 13.1 Å². The van der Waals surface area contributed by atoms with E-state index in [-0.39, 0.29) is 0 Å². The second-order valence-corrected chi connectivity index (χ2v) is 3.76. The molecule has 0 aliphatic carbocycles. The average Bonchev–Trinajstić information content (AvgIpc) is 2.37. The first-order chi connectivity index (χ1) is 4.34. The minimum Gasteiger partial charge on any atom is -0.293 e. The second-order valence-electron chi connectivity index (χ2n) is 2.45. The van der Waals surface area contributed by atoms with Gasteiger partial charge < -0.3 is 0 Å². The molecule has 2 atom stereocenters. The average molecular weight is 143 g/mol. The zero-order valence-electron chi connectivity index (χ0n) is 5.93. The Hall–Kier alpha value is 0.130. The number of nitrogens with zero attached hydrogens (tertiary/aromatic N) is 1. The molecule has 1 heterocycles. The third-order valence-electron chi connectivity index (χ3n) is 1.81. The van der Waals surface area contributed by atoms with Crippen molar-refractivity contribution in [3.05, 3.63) is 12.7 Å². The minimum atomic E-state index is 0.597. The normalized spacial score (nSPS) is 26.8. The van der Waals surface area contributed by atoms with Gasteiger partial charge in [0, 0.05) is 18.9 Å². The summed E-state index contributed by atoms with van der Waals surface area (Å²) in [5, 5.41) is 0. The first kappa shape index (κ1) is 7.24. The Labute approximate surface area is 58.9 Å². The van der Waals surface area contributed by atoms with Gasteiger partial charge in [-0.25, -0.2) is 0 Å². The Morgan fingerprint density at radius 2 is 2.56 bits per heavy atom. The van der Waals surface area contributed by atoms with Crippen LogP contribution in [0.25, 0.3) is 0 Å². The van der Waals surface area contributed by atoms with Gasteiger partial charge in [0.05, 0.1) is 0 Å². The first-order valence-corrected chi connectivity index (χ1v) is 4.83. The third-order valence-corrected chi connectivity index (χ3v) is 3.01. The van der Waals surface area contributed by atoms with E-state index in [4.69, 9.17) is 0 Å². The summed E-state index contributed by atoms with van der Waals surface area (Å²) in [7, 11) is 1.16. The van der Waals surface area contributed by atoms with Gasteiger partial charge in [0.25, 0.3) is 0 Å². The van der Waals surface area contributed by atoms with E-state index in [1.54, 1.807) is 0 Å². The lowest BCUT2D eigenvalue weighted by atomic mass is 10.3. The van der Waals surface area contributed by atoms with Crippen molar-refractivity contribution < 1.29 is 0 Å². The van der Waals surface area contributed by atoms with Gasteiger partial charge in [-0.2, -0.15) is 0 Å². The zero-order valence-corrected chi connectivity index (χ0v) is 6.93. The van der Waals surface area contributed by atoms with Crippen LogP contribution in [0.15, 0.2) is 12.7 Å². The predicted octanol–water partition coefficient (Wildman–Crippen LogP) is 1.51. The number of rotatable bonds is 2. The highest BCUT2D eigenvalue weighted by atomic mass is 31.1. The highest BCUT2D eigenvalue weighted by Gasteiger charge is 2.14. The summed E-state index contributed by atoms with van der Waals surface area (Å²) in [4.78, 5) is 2.48. The molecule has 0 aromatic carbocycles. The molecule has 0 N–H and O–H groups in total. The monoisotopic (exact) mass is 143 g/mol. The lowest BCUT2D eigenvalue weighted by molar-refractivity contribution is 0.316. The van der Waals surface area contributed by atoms with Crippen molar-refractivity contribution in [1.29, 1.82) is 0 Å². The molecule has 1 rings (SSSR count). The molecule has 0 amide bonds. The summed E-state index contributed by atoms with van der Waals surface area (Å²) >= 11 is 0. The summed E-state index contributed by atoms with van der Waals surface area (Å²) in [5.74, 6) is 0. The van der Waals surface area contributed by atoms with Crippen LogP contribution in [0.2, 0.25) is 0 Å². The maximum absolute atomic E-state index is 3.77. The van der Waals surface area contributed by atoms with Gasteiger partial charge in [-0.3, -0.25) is 4.90 Å². The maximum Gasteiger partial charge on any atom is 0.0250 e. The van der Waals surface area contributed by atoms with Crippen molar-refractivity contribution >= 4 is 8.58 Å². The molecule has 1 fully saturated rings. The Morgan fingerprint density at radius 1 is 1.78 bits per heavy atom. The van der Waals surface area contributed by atoms with Gasteiger partial charge in [0.2, 0.25) is 0 Å². The summed E-state index contributed by atoms with van der Waals surface area (Å²) in [6, 6.07) is 0.597. The highest BCUT2D eigenvalue weighted by molar-refractivity contribution is 7.38. The van der Waals surface area contributed by atoms with Gasteiger partial charge in [-0.15, -0.1) is 15.2 Å². The molecule has 1 saturated heterocycles. The predicted molar refractivity (Wildman–Crippen MR) is 44.4 cm³/mol. The molecule has 0 saturated carbocycles. The van der Waals surface area contributed by atoms with Crippen molar-refractivity contribution in [3.8, 4) is 0 Å². The Bertz CT molecular complexity index is 97.1. The van der Waals surface area contributed by atoms with Crippen LogP contribution in [0, 0.1) is 0 Å². The van der Waals surface area contributed by atoms with Crippen molar-refractivity contribution in [2.45, 2.75) is 13.0 Å². The summed E-state index contributed by atoms with van der Waals surface area (Å²) in [5.41, 5.74) is 0. The van der Waals surface area contributed by atoms with Gasteiger partial charge >= 0.3 is 0 Å². The Kier molecular flexibility index (Phi) is 2.68. The van der Waals surface area contributed by atoms with E-state index in [9.17, 15) is 0 Å². The SMILES string of the molecule is C=CC(C)N1CCPC1. The fraction of sp³-hybridized carbons (Fsp3) is 0.714. The van der Waals surface area contributed by atoms with Crippen molar-refractivity contribution in [2.75, 3.05) is 19.0 Å². The second kappa shape index (κ2) is 3.34. The summed E-state index contributed by atoms with van der Waals surface area (Å²) < 4.78 is 0. The van der Waals surface area contributed by atoms with E-state index >= 15 is 0 Å². The van der Waals surface area contributed by atoms with Crippen LogP contribution in [0.3, 0.4) is 0 Å². The van der Waals surface area contributed by atoms with Crippen LogP contribution in [-0.2, 0) is 0 Å². The van der Waals surface area contributed by atoms with Crippen LogP contribution in [0.5, 0.6) is 0 Å². The molecule has 1 nitrogen and oxygen atoms in total. The van der Waals surface area contributed by atoms with Gasteiger partial charge in [-0.1, -0.05) is 6.08 Å². The molecule has 52 valence electrons. The fourth-order valence-corrected chi connectivity index (χ4v) is 2.36. The molecular weight excluding hydrogens is 129 g/mol. The van der Waals surface area contributed by atoms with Crippen LogP contribution in [0.1, 0.15) is 6.92 Å². The van der Waals surface area contributed by atoms with E-state index in [0.29, 0.717) is 6.04 Å². The van der Waals surface area contributed by atoms with Crippen LogP contribution >= 0.6 is 8.58 Å². The molecule has 0 bridgehead atoms. The topological polar surface area (TPSA) is 3.24 Å². The van der Waals surface area contributed by atoms with E-state index in [0.717, 1.165) is 8.58 Å². The standard InChI is InChI=1S/C7H14NP/c1-3-7(2)8-4-5-9-6-8/h3,7,9H,1,4-6H2,2H3. The fourth-order valence-electron chi connectivity index (χ4n) is 1.02. The first-order valence-electron chi connectivity index (χ1n) is 3.42. The molecule has 1 aliphatic rings. The molecule has 0 aromatic heterocycles. The Balaban J connectivity index is 2.32. The molecule has 9 heavy (non-hydrogen) atoms. The quantitative estimate of drug-likeness (QED) is 0.418. The van der Waals surface area contributed by atoms with Crippen molar-refractivity contribution in [3.63, 3.8) is 0 Å². The third kappa shape index (κ3) is 1.77. The van der Waals surface area contributed by atoms with Crippen molar-refractivity contribution in [2.24, 2.45) is 0 Å². The Morgan fingerprint density at radius 3 is 3.00 bits per heavy atom. The molecule has 2 heteroatoms. The summed E-state index contributed by atoms with van der Waals surface area (Å²) in [6.45, 7) is 7.26. The highest BCUT2D eigenvalue weighted by Crippen LogP contribution is 2.21. The lowest BCUT2D eigenvalue weighted by Crippen LogP contribution is -2.27. The molecule has 0 radical (unpaired) electrons. The van der Waals surface area contributed by atoms with Crippen LogP contribution in [0.4, 0.5) is 0 Å². The number of hydrogen-bond donors (Lipinski definition) is 0. The van der Waals surface area contributed by atoms with Gasteiger partial charge in [0.1, 0.15) is 0 Å². The maximum atomic E-state index is 3.77. The lowest BCUT2D eigenvalue weighted by Gasteiger charge is -2.19. The molecule has 0 aromatic rings. The van der Waals surface area contributed by atoms with Crippen molar-refractivity contribution in [1.82, 2.24) is 4.90 Å². The van der Waals surface area contributed by atoms with E-state index in [2.05, 4.69) is 18.4 Å².